The van der Waals surface area contributed by atoms with Crippen LogP contribution in [0, 0.1) is 0 Å². The standard InChI is InChI=1S/C23H21F3N4O2S/c1-22(2)20(31)30(16-5-7-17(8-6-16)33-23(24,25)26)21(32)29(22)13-14-10-11-28-19-12-15(27-3)4-9-18(14)19/h4-12,27H,13H2,1-3H3. The van der Waals surface area contributed by atoms with E-state index in [1.807, 2.05) is 25.2 Å². The summed E-state index contributed by atoms with van der Waals surface area (Å²) < 4.78 is 37.8. The zero-order chi connectivity index (χ0) is 24.0. The van der Waals surface area contributed by atoms with Crippen LogP contribution in [-0.4, -0.2) is 39.9 Å². The van der Waals surface area contributed by atoms with Gasteiger partial charge in [0.05, 0.1) is 11.2 Å². The Hall–Kier alpha value is -3.27. The summed E-state index contributed by atoms with van der Waals surface area (Å²) in [6, 6.07) is 12.2. The van der Waals surface area contributed by atoms with Crippen molar-refractivity contribution in [3.8, 4) is 0 Å². The van der Waals surface area contributed by atoms with Gasteiger partial charge in [0.1, 0.15) is 5.54 Å². The van der Waals surface area contributed by atoms with Gasteiger partial charge in [-0.2, -0.15) is 13.2 Å². The molecule has 0 bridgehead atoms. The number of alkyl halides is 3. The van der Waals surface area contributed by atoms with Gasteiger partial charge < -0.3 is 10.2 Å². The molecule has 1 N–H and O–H groups in total. The molecule has 0 saturated carbocycles. The van der Waals surface area contributed by atoms with Crippen LogP contribution >= 0.6 is 11.8 Å². The second kappa shape index (κ2) is 8.26. The molecule has 2 aromatic carbocycles. The third-order valence-corrected chi connectivity index (χ3v) is 6.34. The van der Waals surface area contributed by atoms with Crippen LogP contribution in [-0.2, 0) is 11.3 Å². The number of pyridine rings is 1. The highest BCUT2D eigenvalue weighted by Gasteiger charge is 2.51. The van der Waals surface area contributed by atoms with Gasteiger partial charge in [0, 0.05) is 35.8 Å². The van der Waals surface area contributed by atoms with E-state index in [1.165, 1.54) is 29.2 Å². The molecule has 3 amide bonds. The summed E-state index contributed by atoms with van der Waals surface area (Å²) in [7, 11) is 1.81. The molecule has 10 heteroatoms. The molecule has 1 saturated heterocycles. The number of benzene rings is 2. The summed E-state index contributed by atoms with van der Waals surface area (Å²) in [5.74, 6) is -0.445. The molecule has 0 spiro atoms. The molecule has 6 nitrogen and oxygen atoms in total. The van der Waals surface area contributed by atoms with Gasteiger partial charge in [0.15, 0.2) is 0 Å². The lowest BCUT2D eigenvalue weighted by Gasteiger charge is -2.28. The van der Waals surface area contributed by atoms with Gasteiger partial charge in [0.25, 0.3) is 5.91 Å². The lowest BCUT2D eigenvalue weighted by molar-refractivity contribution is -0.123. The van der Waals surface area contributed by atoms with Crippen LogP contribution in [0.4, 0.5) is 29.3 Å². The number of urea groups is 1. The second-order valence-corrected chi connectivity index (χ2v) is 9.20. The molecular formula is C23H21F3N4O2S. The molecule has 0 unspecified atom stereocenters. The number of aromatic nitrogens is 1. The Bertz CT molecular complexity index is 1230. The van der Waals surface area contributed by atoms with E-state index in [1.54, 1.807) is 26.1 Å². The first-order valence-electron chi connectivity index (χ1n) is 10.1. The number of halogens is 3. The van der Waals surface area contributed by atoms with Gasteiger partial charge in [-0.3, -0.25) is 9.78 Å². The smallest absolute Gasteiger partial charge is 0.388 e. The Morgan fingerprint density at radius 3 is 2.39 bits per heavy atom. The topological polar surface area (TPSA) is 65.5 Å². The van der Waals surface area contributed by atoms with Crippen LogP contribution < -0.4 is 10.2 Å². The van der Waals surface area contributed by atoms with E-state index in [9.17, 15) is 22.8 Å². The Labute approximate surface area is 192 Å². The fourth-order valence-electron chi connectivity index (χ4n) is 3.80. The predicted molar refractivity (Wildman–Crippen MR) is 122 cm³/mol. The first-order chi connectivity index (χ1) is 15.5. The third kappa shape index (κ3) is 4.35. The summed E-state index contributed by atoms with van der Waals surface area (Å²) in [6.45, 7) is 3.49. The summed E-state index contributed by atoms with van der Waals surface area (Å²) in [6.07, 6.45) is 1.65. The van der Waals surface area contributed by atoms with E-state index in [4.69, 9.17) is 0 Å². The van der Waals surface area contributed by atoms with E-state index in [0.717, 1.165) is 27.1 Å². The number of carbonyl (C=O) groups is 2. The van der Waals surface area contributed by atoms with Gasteiger partial charge >= 0.3 is 11.5 Å². The number of imide groups is 1. The SMILES string of the molecule is CNc1ccc2c(CN3C(=O)N(c4ccc(SC(F)(F)F)cc4)C(=O)C3(C)C)ccnc2c1. The number of fused-ring (bicyclic) bond motifs is 1. The van der Waals surface area contributed by atoms with Crippen LogP contribution in [0.1, 0.15) is 19.4 Å². The summed E-state index contributed by atoms with van der Waals surface area (Å²) in [4.78, 5) is 33.3. The van der Waals surface area contributed by atoms with Crippen molar-refractivity contribution in [2.75, 3.05) is 17.3 Å². The lowest BCUT2D eigenvalue weighted by Crippen LogP contribution is -2.43. The van der Waals surface area contributed by atoms with Crippen LogP contribution in [0.5, 0.6) is 0 Å². The van der Waals surface area contributed by atoms with Gasteiger partial charge in [-0.1, -0.05) is 6.07 Å². The minimum Gasteiger partial charge on any atom is -0.388 e. The van der Waals surface area contributed by atoms with Crippen molar-refractivity contribution in [2.24, 2.45) is 0 Å². The maximum absolute atomic E-state index is 13.3. The van der Waals surface area contributed by atoms with Crippen molar-refractivity contribution in [2.45, 2.75) is 36.3 Å². The molecule has 4 rings (SSSR count). The zero-order valence-corrected chi connectivity index (χ0v) is 18.9. The van der Waals surface area contributed by atoms with Crippen molar-refractivity contribution < 1.29 is 22.8 Å². The lowest BCUT2D eigenvalue weighted by atomic mass is 10.0. The van der Waals surface area contributed by atoms with Crippen LogP contribution in [0.15, 0.2) is 59.6 Å². The minimum absolute atomic E-state index is 0.0225. The number of rotatable bonds is 5. The number of anilines is 2. The summed E-state index contributed by atoms with van der Waals surface area (Å²) >= 11 is -0.250. The molecule has 3 aromatic rings. The molecule has 0 atom stereocenters. The van der Waals surface area contributed by atoms with E-state index in [0.29, 0.717) is 0 Å². The first kappa shape index (κ1) is 22.9. The average Bonchev–Trinajstić information content (AvgIpc) is 2.92. The monoisotopic (exact) mass is 474 g/mol. The van der Waals surface area contributed by atoms with Crippen molar-refractivity contribution in [1.29, 1.82) is 0 Å². The van der Waals surface area contributed by atoms with Gasteiger partial charge in [0.2, 0.25) is 0 Å². The predicted octanol–water partition coefficient (Wildman–Crippen LogP) is 5.64. The number of nitrogens with one attached hydrogen (secondary N) is 1. The fraction of sp³-hybridized carbons (Fsp3) is 0.261. The van der Waals surface area contributed by atoms with E-state index in [2.05, 4.69) is 10.3 Å². The van der Waals surface area contributed by atoms with Crippen molar-refractivity contribution in [1.82, 2.24) is 9.88 Å². The normalized spacial score (nSPS) is 16.1. The Balaban J connectivity index is 1.64. The molecule has 1 aliphatic heterocycles. The maximum atomic E-state index is 13.3. The van der Waals surface area contributed by atoms with Crippen LogP contribution in [0.3, 0.4) is 0 Å². The number of carbonyl (C=O) groups excluding carboxylic acids is 2. The van der Waals surface area contributed by atoms with Crippen LogP contribution in [0.2, 0.25) is 0 Å². The van der Waals surface area contributed by atoms with E-state index in [-0.39, 0.29) is 28.9 Å². The molecule has 1 aromatic heterocycles. The number of nitrogens with zero attached hydrogens (tertiary/aromatic N) is 3. The van der Waals surface area contributed by atoms with Gasteiger partial charge in [-0.15, -0.1) is 0 Å². The third-order valence-electron chi connectivity index (χ3n) is 5.60. The second-order valence-electron chi connectivity index (χ2n) is 8.06. The van der Waals surface area contributed by atoms with Gasteiger partial charge in [-0.25, -0.2) is 9.69 Å². The quantitative estimate of drug-likeness (QED) is 0.383. The number of hydrogen-bond donors (Lipinski definition) is 1. The molecular weight excluding hydrogens is 453 g/mol. The van der Waals surface area contributed by atoms with Crippen molar-refractivity contribution >= 4 is 46.0 Å². The molecule has 0 radical (unpaired) electrons. The van der Waals surface area contributed by atoms with Crippen molar-refractivity contribution in [3.63, 3.8) is 0 Å². The Morgan fingerprint density at radius 1 is 1.06 bits per heavy atom. The number of amides is 3. The molecule has 2 heterocycles. The largest absolute Gasteiger partial charge is 0.446 e. The number of hydrogen-bond acceptors (Lipinski definition) is 5. The van der Waals surface area contributed by atoms with Crippen LogP contribution in [0.25, 0.3) is 10.9 Å². The average molecular weight is 475 g/mol. The summed E-state index contributed by atoms with van der Waals surface area (Å²) in [5.41, 5.74) is -2.85. The molecule has 172 valence electrons. The molecule has 33 heavy (non-hydrogen) atoms. The molecule has 1 aliphatic rings. The fourth-order valence-corrected chi connectivity index (χ4v) is 4.34. The minimum atomic E-state index is -4.42. The highest BCUT2D eigenvalue weighted by molar-refractivity contribution is 8.00. The van der Waals surface area contributed by atoms with E-state index >= 15 is 0 Å². The number of thioether (sulfide) groups is 1. The summed E-state index contributed by atoms with van der Waals surface area (Å²) in [5, 5.41) is 3.92. The Morgan fingerprint density at radius 2 is 1.76 bits per heavy atom. The molecule has 0 aliphatic carbocycles. The van der Waals surface area contributed by atoms with Gasteiger partial charge in [-0.05, 0) is 73.6 Å². The highest BCUT2D eigenvalue weighted by atomic mass is 32.2. The first-order valence-corrected chi connectivity index (χ1v) is 10.9. The van der Waals surface area contributed by atoms with E-state index < -0.39 is 23.0 Å². The highest BCUT2D eigenvalue weighted by Crippen LogP contribution is 2.39. The zero-order valence-electron chi connectivity index (χ0n) is 18.1. The van der Waals surface area contributed by atoms with Crippen molar-refractivity contribution in [3.05, 3.63) is 60.3 Å². The Kier molecular flexibility index (Phi) is 5.73. The maximum Gasteiger partial charge on any atom is 0.446 e. The molecule has 1 fully saturated rings.